The average Bonchev–Trinajstić information content (AvgIpc) is 2.46. The summed E-state index contributed by atoms with van der Waals surface area (Å²) >= 11 is 0. The van der Waals surface area contributed by atoms with E-state index < -0.39 is 0 Å². The molecule has 114 valence electrons. The van der Waals surface area contributed by atoms with Crippen LogP contribution in [0.3, 0.4) is 0 Å². The third kappa shape index (κ3) is 4.06. The summed E-state index contributed by atoms with van der Waals surface area (Å²) in [4.78, 5) is 27.2. The van der Waals surface area contributed by atoms with Gasteiger partial charge in [0.25, 0.3) is 0 Å². The van der Waals surface area contributed by atoms with Crippen molar-refractivity contribution in [2.24, 2.45) is 0 Å². The van der Waals surface area contributed by atoms with Crippen molar-refractivity contribution in [2.45, 2.75) is 33.6 Å². The Morgan fingerprint density at radius 1 is 1.05 bits per heavy atom. The molecule has 0 aliphatic carbocycles. The summed E-state index contributed by atoms with van der Waals surface area (Å²) in [6.45, 7) is 8.39. The lowest BCUT2D eigenvalue weighted by atomic mass is 10.0. The molecular formula is C17H24N2O2. The van der Waals surface area contributed by atoms with E-state index >= 15 is 0 Å². The van der Waals surface area contributed by atoms with E-state index in [1.807, 2.05) is 4.90 Å². The zero-order valence-electron chi connectivity index (χ0n) is 13.2. The second-order valence-electron chi connectivity index (χ2n) is 5.82. The molecule has 1 fully saturated rings. The van der Waals surface area contributed by atoms with E-state index in [1.54, 1.807) is 11.8 Å². The lowest BCUT2D eigenvalue weighted by Crippen LogP contribution is -2.50. The van der Waals surface area contributed by atoms with Crippen LogP contribution in [0.4, 0.5) is 0 Å². The van der Waals surface area contributed by atoms with Gasteiger partial charge in [-0.25, -0.2) is 0 Å². The number of piperazine rings is 1. The first-order valence-electron chi connectivity index (χ1n) is 7.57. The number of benzene rings is 1. The van der Waals surface area contributed by atoms with E-state index in [0.717, 1.165) is 6.42 Å². The largest absolute Gasteiger partial charge is 0.339 e. The summed E-state index contributed by atoms with van der Waals surface area (Å²) in [5.74, 6) is 0.288. The summed E-state index contributed by atoms with van der Waals surface area (Å²) in [6, 6.07) is 6.37. The maximum absolute atomic E-state index is 12.2. The molecule has 0 unspecified atom stereocenters. The van der Waals surface area contributed by atoms with Gasteiger partial charge < -0.3 is 9.80 Å². The number of amides is 2. The quantitative estimate of drug-likeness (QED) is 0.852. The summed E-state index contributed by atoms with van der Waals surface area (Å²) < 4.78 is 0. The fraction of sp³-hybridized carbons (Fsp3) is 0.529. The lowest BCUT2D eigenvalue weighted by Gasteiger charge is -2.34. The summed E-state index contributed by atoms with van der Waals surface area (Å²) in [5.41, 5.74) is 3.75. The zero-order chi connectivity index (χ0) is 15.4. The standard InChI is InChI=1S/C17H24N2O2/c1-13-4-5-16(14(2)12-13)6-7-17(21)19-10-8-18(9-11-19)15(3)20/h4-5,12H,6-11H2,1-3H3. The minimum atomic E-state index is 0.0948. The number of hydrogen-bond acceptors (Lipinski definition) is 2. The van der Waals surface area contributed by atoms with Crippen LogP contribution in [0.2, 0.25) is 0 Å². The molecule has 0 radical (unpaired) electrons. The molecule has 21 heavy (non-hydrogen) atoms. The van der Waals surface area contributed by atoms with Gasteiger partial charge in [-0.3, -0.25) is 9.59 Å². The SMILES string of the molecule is CC(=O)N1CCN(C(=O)CCc2ccc(C)cc2C)CC1. The molecule has 1 aromatic rings. The van der Waals surface area contributed by atoms with Gasteiger partial charge in [0.1, 0.15) is 0 Å². The zero-order valence-corrected chi connectivity index (χ0v) is 13.2. The van der Waals surface area contributed by atoms with Gasteiger partial charge in [-0.1, -0.05) is 23.8 Å². The fourth-order valence-electron chi connectivity index (χ4n) is 2.80. The van der Waals surface area contributed by atoms with Crippen LogP contribution >= 0.6 is 0 Å². The van der Waals surface area contributed by atoms with E-state index in [-0.39, 0.29) is 11.8 Å². The third-order valence-electron chi connectivity index (χ3n) is 4.18. The van der Waals surface area contributed by atoms with Gasteiger partial charge >= 0.3 is 0 Å². The Morgan fingerprint density at radius 3 is 2.24 bits per heavy atom. The maximum Gasteiger partial charge on any atom is 0.223 e. The molecule has 0 spiro atoms. The molecule has 2 amide bonds. The van der Waals surface area contributed by atoms with Gasteiger partial charge in [0.15, 0.2) is 0 Å². The van der Waals surface area contributed by atoms with Gasteiger partial charge in [0, 0.05) is 39.5 Å². The Hall–Kier alpha value is -1.84. The average molecular weight is 288 g/mol. The third-order valence-corrected chi connectivity index (χ3v) is 4.18. The van der Waals surface area contributed by atoms with Gasteiger partial charge in [0.05, 0.1) is 0 Å². The highest BCUT2D eigenvalue weighted by Crippen LogP contribution is 2.14. The minimum Gasteiger partial charge on any atom is -0.339 e. The molecule has 0 aromatic heterocycles. The molecule has 0 N–H and O–H groups in total. The number of carbonyl (C=O) groups is 2. The first-order chi connectivity index (χ1) is 9.97. The molecule has 1 aromatic carbocycles. The van der Waals surface area contributed by atoms with Gasteiger partial charge in [-0.15, -0.1) is 0 Å². The molecule has 2 rings (SSSR count). The van der Waals surface area contributed by atoms with Crippen molar-refractivity contribution in [3.8, 4) is 0 Å². The number of nitrogens with zero attached hydrogens (tertiary/aromatic N) is 2. The highest BCUT2D eigenvalue weighted by atomic mass is 16.2. The molecule has 0 bridgehead atoms. The van der Waals surface area contributed by atoms with Crippen molar-refractivity contribution in [1.82, 2.24) is 9.80 Å². The first kappa shape index (κ1) is 15.5. The number of aryl methyl sites for hydroxylation is 3. The normalized spacial score (nSPS) is 15.2. The molecule has 1 aliphatic heterocycles. The second kappa shape index (κ2) is 6.74. The Labute approximate surface area is 126 Å². The molecule has 4 nitrogen and oxygen atoms in total. The van der Waals surface area contributed by atoms with Crippen LogP contribution in [-0.2, 0) is 16.0 Å². The highest BCUT2D eigenvalue weighted by Gasteiger charge is 2.21. The Bertz CT molecular complexity index is 532. The Kier molecular flexibility index (Phi) is 4.99. The van der Waals surface area contributed by atoms with Gasteiger partial charge in [-0.05, 0) is 31.4 Å². The Morgan fingerprint density at radius 2 is 1.67 bits per heavy atom. The monoisotopic (exact) mass is 288 g/mol. The van der Waals surface area contributed by atoms with Crippen molar-refractivity contribution < 1.29 is 9.59 Å². The second-order valence-corrected chi connectivity index (χ2v) is 5.82. The van der Waals surface area contributed by atoms with Crippen LogP contribution in [0.5, 0.6) is 0 Å². The topological polar surface area (TPSA) is 40.6 Å². The van der Waals surface area contributed by atoms with Crippen LogP contribution in [0.1, 0.15) is 30.0 Å². The van der Waals surface area contributed by atoms with Crippen LogP contribution in [0.25, 0.3) is 0 Å². The van der Waals surface area contributed by atoms with Crippen LogP contribution in [-0.4, -0.2) is 47.8 Å². The van der Waals surface area contributed by atoms with E-state index in [1.165, 1.54) is 16.7 Å². The van der Waals surface area contributed by atoms with Crippen molar-refractivity contribution in [2.75, 3.05) is 26.2 Å². The summed E-state index contributed by atoms with van der Waals surface area (Å²) in [5, 5.41) is 0. The van der Waals surface area contributed by atoms with Gasteiger partial charge in [0.2, 0.25) is 11.8 Å². The summed E-state index contributed by atoms with van der Waals surface area (Å²) in [6.07, 6.45) is 1.34. The predicted molar refractivity (Wildman–Crippen MR) is 83.1 cm³/mol. The smallest absolute Gasteiger partial charge is 0.223 e. The van der Waals surface area contributed by atoms with Crippen LogP contribution < -0.4 is 0 Å². The molecule has 0 saturated carbocycles. The van der Waals surface area contributed by atoms with E-state index in [9.17, 15) is 9.59 Å². The van der Waals surface area contributed by atoms with Crippen molar-refractivity contribution in [3.63, 3.8) is 0 Å². The number of carbonyl (C=O) groups excluding carboxylic acids is 2. The first-order valence-corrected chi connectivity index (χ1v) is 7.57. The van der Waals surface area contributed by atoms with Crippen LogP contribution in [0, 0.1) is 13.8 Å². The molecule has 1 aliphatic rings. The molecular weight excluding hydrogens is 264 g/mol. The van der Waals surface area contributed by atoms with E-state index in [4.69, 9.17) is 0 Å². The van der Waals surface area contributed by atoms with E-state index in [0.29, 0.717) is 32.6 Å². The fourth-order valence-corrected chi connectivity index (χ4v) is 2.80. The van der Waals surface area contributed by atoms with Crippen molar-refractivity contribution in [3.05, 3.63) is 34.9 Å². The van der Waals surface area contributed by atoms with Crippen molar-refractivity contribution in [1.29, 1.82) is 0 Å². The predicted octanol–water partition coefficient (Wildman–Crippen LogP) is 1.93. The lowest BCUT2D eigenvalue weighted by molar-refractivity contribution is -0.138. The molecule has 4 heteroatoms. The maximum atomic E-state index is 12.2. The highest BCUT2D eigenvalue weighted by molar-refractivity contribution is 5.77. The van der Waals surface area contributed by atoms with E-state index in [2.05, 4.69) is 32.0 Å². The van der Waals surface area contributed by atoms with Gasteiger partial charge in [-0.2, -0.15) is 0 Å². The molecule has 1 saturated heterocycles. The minimum absolute atomic E-state index is 0.0948. The number of rotatable bonds is 3. The van der Waals surface area contributed by atoms with Crippen LogP contribution in [0.15, 0.2) is 18.2 Å². The van der Waals surface area contributed by atoms with Crippen molar-refractivity contribution >= 4 is 11.8 Å². The Balaban J connectivity index is 1.84. The molecule has 1 heterocycles. The molecule has 0 atom stereocenters. The number of hydrogen-bond donors (Lipinski definition) is 0. The summed E-state index contributed by atoms with van der Waals surface area (Å²) in [7, 11) is 0.